The van der Waals surface area contributed by atoms with Gasteiger partial charge in [-0.15, -0.1) is 22.7 Å². The molecule has 0 aliphatic carbocycles. The standard InChI is InChI=1S/C23H22N2O2S2/c1-17-6-8-18(9-7-17)21-14-24-22(27-21)10-11-23(26)25(15-19-4-2-12-28-19)16-20-5-3-13-29-20/h2-9,12-14H,10-11,15-16H2,1H3. The van der Waals surface area contributed by atoms with Gasteiger partial charge in [0.05, 0.1) is 19.3 Å². The summed E-state index contributed by atoms with van der Waals surface area (Å²) in [7, 11) is 0. The smallest absolute Gasteiger partial charge is 0.223 e. The first-order chi connectivity index (χ1) is 14.2. The van der Waals surface area contributed by atoms with E-state index in [-0.39, 0.29) is 5.91 Å². The van der Waals surface area contributed by atoms with Crippen molar-refractivity contribution in [1.82, 2.24) is 9.88 Å². The van der Waals surface area contributed by atoms with Crippen LogP contribution in [0, 0.1) is 6.92 Å². The summed E-state index contributed by atoms with van der Waals surface area (Å²) in [5, 5.41) is 4.09. The summed E-state index contributed by atoms with van der Waals surface area (Å²) in [5.74, 6) is 1.45. The Bertz CT molecular complexity index is 999. The molecule has 0 saturated carbocycles. The number of carbonyl (C=O) groups excluding carboxylic acids is 1. The first-order valence-electron chi connectivity index (χ1n) is 9.51. The number of aromatic nitrogens is 1. The number of aryl methyl sites for hydroxylation is 2. The molecular weight excluding hydrogens is 400 g/mol. The number of hydrogen-bond acceptors (Lipinski definition) is 5. The van der Waals surface area contributed by atoms with E-state index < -0.39 is 0 Å². The lowest BCUT2D eigenvalue weighted by atomic mass is 10.1. The quantitative estimate of drug-likeness (QED) is 0.353. The van der Waals surface area contributed by atoms with E-state index in [1.54, 1.807) is 28.9 Å². The molecular formula is C23H22N2O2S2. The van der Waals surface area contributed by atoms with Crippen LogP contribution in [-0.4, -0.2) is 15.8 Å². The SMILES string of the molecule is Cc1ccc(-c2cnc(CCC(=O)N(Cc3cccs3)Cc3cccs3)o2)cc1. The van der Waals surface area contributed by atoms with E-state index in [0.717, 1.165) is 11.3 Å². The molecule has 148 valence electrons. The van der Waals surface area contributed by atoms with Gasteiger partial charge in [-0.3, -0.25) is 4.79 Å². The summed E-state index contributed by atoms with van der Waals surface area (Å²) in [6, 6.07) is 16.3. The van der Waals surface area contributed by atoms with Crippen LogP contribution < -0.4 is 0 Å². The molecule has 3 heterocycles. The van der Waals surface area contributed by atoms with Crippen molar-refractivity contribution in [1.29, 1.82) is 0 Å². The van der Waals surface area contributed by atoms with Gasteiger partial charge in [0.25, 0.3) is 0 Å². The maximum Gasteiger partial charge on any atom is 0.223 e. The van der Waals surface area contributed by atoms with Crippen LogP contribution in [0.15, 0.2) is 69.9 Å². The largest absolute Gasteiger partial charge is 0.441 e. The van der Waals surface area contributed by atoms with E-state index in [9.17, 15) is 4.79 Å². The first-order valence-corrected chi connectivity index (χ1v) is 11.3. The molecule has 0 aliphatic rings. The summed E-state index contributed by atoms with van der Waals surface area (Å²) in [5.41, 5.74) is 2.20. The summed E-state index contributed by atoms with van der Waals surface area (Å²) >= 11 is 3.35. The molecule has 0 aliphatic heterocycles. The summed E-state index contributed by atoms with van der Waals surface area (Å²) < 4.78 is 5.87. The van der Waals surface area contributed by atoms with Gasteiger partial charge in [-0.2, -0.15) is 0 Å². The lowest BCUT2D eigenvalue weighted by Gasteiger charge is -2.21. The third-order valence-electron chi connectivity index (χ3n) is 4.65. The molecule has 29 heavy (non-hydrogen) atoms. The number of carbonyl (C=O) groups is 1. The predicted molar refractivity (Wildman–Crippen MR) is 118 cm³/mol. The zero-order valence-corrected chi connectivity index (χ0v) is 17.8. The van der Waals surface area contributed by atoms with Crippen molar-refractivity contribution < 1.29 is 9.21 Å². The minimum absolute atomic E-state index is 0.113. The van der Waals surface area contributed by atoms with Crippen LogP contribution in [0.1, 0.15) is 27.6 Å². The van der Waals surface area contributed by atoms with Crippen LogP contribution >= 0.6 is 22.7 Å². The highest BCUT2D eigenvalue weighted by Crippen LogP contribution is 2.22. The van der Waals surface area contributed by atoms with Gasteiger partial charge in [0.1, 0.15) is 0 Å². The van der Waals surface area contributed by atoms with Gasteiger partial charge in [-0.1, -0.05) is 42.0 Å². The lowest BCUT2D eigenvalue weighted by molar-refractivity contribution is -0.132. The van der Waals surface area contributed by atoms with E-state index in [0.29, 0.717) is 31.8 Å². The molecule has 4 nitrogen and oxygen atoms in total. The summed E-state index contributed by atoms with van der Waals surface area (Å²) in [6.07, 6.45) is 2.61. The lowest BCUT2D eigenvalue weighted by Crippen LogP contribution is -2.29. The number of rotatable bonds is 8. The van der Waals surface area contributed by atoms with Crippen molar-refractivity contribution in [2.45, 2.75) is 32.9 Å². The summed E-state index contributed by atoms with van der Waals surface area (Å²) in [4.78, 5) is 21.6. The van der Waals surface area contributed by atoms with Crippen LogP contribution in [0.4, 0.5) is 0 Å². The summed E-state index contributed by atoms with van der Waals surface area (Å²) in [6.45, 7) is 3.32. The number of nitrogens with zero attached hydrogens (tertiary/aromatic N) is 2. The minimum atomic E-state index is 0.113. The van der Waals surface area contributed by atoms with Gasteiger partial charge in [-0.25, -0.2) is 4.98 Å². The highest BCUT2D eigenvalue weighted by Gasteiger charge is 2.17. The van der Waals surface area contributed by atoms with Gasteiger partial charge >= 0.3 is 0 Å². The van der Waals surface area contributed by atoms with Crippen LogP contribution in [0.2, 0.25) is 0 Å². The van der Waals surface area contributed by atoms with Gasteiger partial charge < -0.3 is 9.32 Å². The maximum absolute atomic E-state index is 12.9. The van der Waals surface area contributed by atoms with E-state index in [4.69, 9.17) is 4.42 Å². The van der Waals surface area contributed by atoms with Gasteiger partial charge in [0, 0.05) is 28.2 Å². The van der Waals surface area contributed by atoms with Gasteiger partial charge in [0.2, 0.25) is 5.91 Å². The Labute approximate surface area is 178 Å². The van der Waals surface area contributed by atoms with Gasteiger partial charge in [0.15, 0.2) is 11.7 Å². The van der Waals surface area contributed by atoms with Crippen molar-refractivity contribution in [2.75, 3.05) is 0 Å². The Morgan fingerprint density at radius 2 is 1.66 bits per heavy atom. The van der Waals surface area contributed by atoms with Gasteiger partial charge in [-0.05, 0) is 29.8 Å². The molecule has 3 aromatic heterocycles. The third-order valence-corrected chi connectivity index (χ3v) is 6.37. The fourth-order valence-electron chi connectivity index (χ4n) is 3.06. The van der Waals surface area contributed by atoms with Crippen molar-refractivity contribution in [3.63, 3.8) is 0 Å². The monoisotopic (exact) mass is 422 g/mol. The minimum Gasteiger partial charge on any atom is -0.441 e. The van der Waals surface area contributed by atoms with Crippen molar-refractivity contribution >= 4 is 28.6 Å². The number of oxazole rings is 1. The Morgan fingerprint density at radius 3 is 2.24 bits per heavy atom. The average Bonchev–Trinajstić information content (AvgIpc) is 3.49. The van der Waals surface area contributed by atoms with E-state index in [1.165, 1.54) is 15.3 Å². The van der Waals surface area contributed by atoms with Crippen molar-refractivity contribution in [2.24, 2.45) is 0 Å². The molecule has 4 aromatic rings. The Hall–Kier alpha value is -2.70. The molecule has 6 heteroatoms. The third kappa shape index (κ3) is 5.22. The Morgan fingerprint density at radius 1 is 1.00 bits per heavy atom. The molecule has 0 atom stereocenters. The molecule has 4 rings (SSSR count). The van der Waals surface area contributed by atoms with Crippen LogP contribution in [0.25, 0.3) is 11.3 Å². The van der Waals surface area contributed by atoms with Crippen molar-refractivity contribution in [3.05, 3.63) is 86.7 Å². The molecule has 0 spiro atoms. The Kier molecular flexibility index (Phi) is 6.22. The molecule has 0 fully saturated rings. The number of thiophene rings is 2. The second-order valence-corrected chi connectivity index (χ2v) is 8.96. The van der Waals surface area contributed by atoms with Crippen LogP contribution in [-0.2, 0) is 24.3 Å². The topological polar surface area (TPSA) is 46.3 Å². The fourth-order valence-corrected chi connectivity index (χ4v) is 4.50. The fraction of sp³-hybridized carbons (Fsp3) is 0.217. The normalized spacial score (nSPS) is 10.9. The first kappa shape index (κ1) is 19.6. The molecule has 0 saturated heterocycles. The highest BCUT2D eigenvalue weighted by atomic mass is 32.1. The van der Waals surface area contributed by atoms with E-state index >= 15 is 0 Å². The van der Waals surface area contributed by atoms with Crippen LogP contribution in [0.5, 0.6) is 0 Å². The number of benzene rings is 1. The van der Waals surface area contributed by atoms with E-state index in [2.05, 4.69) is 24.0 Å². The Balaban J connectivity index is 1.40. The second kappa shape index (κ2) is 9.20. The average molecular weight is 423 g/mol. The number of hydrogen-bond donors (Lipinski definition) is 0. The zero-order chi connectivity index (χ0) is 20.1. The molecule has 1 aromatic carbocycles. The van der Waals surface area contributed by atoms with Crippen molar-refractivity contribution in [3.8, 4) is 11.3 Å². The molecule has 0 unspecified atom stereocenters. The maximum atomic E-state index is 12.9. The highest BCUT2D eigenvalue weighted by molar-refractivity contribution is 7.10. The predicted octanol–water partition coefficient (Wildman–Crippen LogP) is 5.93. The number of amides is 1. The molecule has 0 radical (unpaired) electrons. The second-order valence-electron chi connectivity index (χ2n) is 6.89. The zero-order valence-electron chi connectivity index (χ0n) is 16.2. The molecule has 0 N–H and O–H groups in total. The molecule has 1 amide bonds. The molecule has 0 bridgehead atoms. The van der Waals surface area contributed by atoms with Crippen LogP contribution in [0.3, 0.4) is 0 Å². The van der Waals surface area contributed by atoms with E-state index in [1.807, 2.05) is 52.1 Å².